The van der Waals surface area contributed by atoms with Crippen molar-refractivity contribution in [2.24, 2.45) is 10.9 Å². The molecule has 30 heavy (non-hydrogen) atoms. The van der Waals surface area contributed by atoms with Crippen LogP contribution in [0.2, 0.25) is 0 Å². The molecule has 0 spiro atoms. The van der Waals surface area contributed by atoms with Crippen molar-refractivity contribution in [3.05, 3.63) is 54.1 Å². The third kappa shape index (κ3) is 7.51. The van der Waals surface area contributed by atoms with Crippen molar-refractivity contribution in [2.75, 3.05) is 46.4 Å². The average Bonchev–Trinajstić information content (AvgIpc) is 3.25. The molecule has 2 aromatic rings. The largest absolute Gasteiger partial charge is 0.379 e. The first-order chi connectivity index (χ1) is 14.2. The number of nitrogens with zero attached hydrogens (tertiary/aromatic N) is 4. The summed E-state index contributed by atoms with van der Waals surface area (Å²) in [5.41, 5.74) is 1.09. The van der Waals surface area contributed by atoms with Gasteiger partial charge in [0.2, 0.25) is 0 Å². The predicted octanol–water partition coefficient (Wildman–Crippen LogP) is 2.51. The minimum absolute atomic E-state index is 0. The van der Waals surface area contributed by atoms with E-state index in [0.717, 1.165) is 50.9 Å². The van der Waals surface area contributed by atoms with Crippen molar-refractivity contribution < 1.29 is 9.13 Å². The van der Waals surface area contributed by atoms with Crippen LogP contribution in [0.15, 0.2) is 47.7 Å². The SMILES string of the molecule is CN=C(NCC(C)Cn1cccn1)NCC(c1ccc(F)cc1)N1CCOCC1.I. The molecule has 0 radical (unpaired) electrons. The van der Waals surface area contributed by atoms with E-state index < -0.39 is 0 Å². The first kappa shape index (κ1) is 24.5. The van der Waals surface area contributed by atoms with Crippen LogP contribution in [0.1, 0.15) is 18.5 Å². The summed E-state index contributed by atoms with van der Waals surface area (Å²) in [6.07, 6.45) is 3.76. The molecule has 1 saturated heterocycles. The lowest BCUT2D eigenvalue weighted by molar-refractivity contribution is 0.0170. The highest BCUT2D eigenvalue weighted by atomic mass is 127. The number of morpholine rings is 1. The summed E-state index contributed by atoms with van der Waals surface area (Å²) in [5, 5.41) is 11.1. The van der Waals surface area contributed by atoms with Gasteiger partial charge in [0.15, 0.2) is 5.96 Å². The topological polar surface area (TPSA) is 66.7 Å². The molecule has 2 unspecified atom stereocenters. The molecule has 2 heterocycles. The Morgan fingerprint density at radius 2 is 1.90 bits per heavy atom. The highest BCUT2D eigenvalue weighted by Gasteiger charge is 2.23. The minimum atomic E-state index is -0.217. The predicted molar refractivity (Wildman–Crippen MR) is 128 cm³/mol. The number of aliphatic imine (C=N–C) groups is 1. The molecule has 9 heteroatoms. The number of hydrogen-bond donors (Lipinski definition) is 2. The summed E-state index contributed by atoms with van der Waals surface area (Å²) in [5.74, 6) is 0.948. The van der Waals surface area contributed by atoms with Crippen molar-refractivity contribution in [2.45, 2.75) is 19.5 Å². The highest BCUT2D eigenvalue weighted by Crippen LogP contribution is 2.21. The second-order valence-corrected chi connectivity index (χ2v) is 7.38. The summed E-state index contributed by atoms with van der Waals surface area (Å²) in [7, 11) is 1.77. The molecule has 1 aromatic heterocycles. The van der Waals surface area contributed by atoms with E-state index in [1.54, 1.807) is 13.2 Å². The summed E-state index contributed by atoms with van der Waals surface area (Å²) in [4.78, 5) is 6.72. The molecule has 7 nitrogen and oxygen atoms in total. The Hall–Kier alpha value is -1.72. The zero-order chi connectivity index (χ0) is 20.5. The number of guanidine groups is 1. The Morgan fingerprint density at radius 1 is 1.20 bits per heavy atom. The van der Waals surface area contributed by atoms with Gasteiger partial charge in [-0.2, -0.15) is 5.10 Å². The number of ether oxygens (including phenoxy) is 1. The van der Waals surface area contributed by atoms with Gasteiger partial charge in [-0.1, -0.05) is 19.1 Å². The molecule has 1 aromatic carbocycles. The van der Waals surface area contributed by atoms with E-state index in [-0.39, 0.29) is 35.8 Å². The third-order valence-electron chi connectivity index (χ3n) is 5.10. The first-order valence-electron chi connectivity index (χ1n) is 10.1. The van der Waals surface area contributed by atoms with Crippen LogP contribution < -0.4 is 10.6 Å². The van der Waals surface area contributed by atoms with Crippen LogP contribution in [0.25, 0.3) is 0 Å². The van der Waals surface area contributed by atoms with Gasteiger partial charge in [-0.05, 0) is 29.7 Å². The van der Waals surface area contributed by atoms with Crippen molar-refractivity contribution in [1.82, 2.24) is 25.3 Å². The van der Waals surface area contributed by atoms with Crippen LogP contribution in [0.4, 0.5) is 4.39 Å². The number of nitrogens with one attached hydrogen (secondary N) is 2. The molecule has 0 bridgehead atoms. The van der Waals surface area contributed by atoms with E-state index in [1.165, 1.54) is 12.1 Å². The second kappa shape index (κ2) is 12.9. The number of rotatable bonds is 8. The highest BCUT2D eigenvalue weighted by molar-refractivity contribution is 14.0. The fraction of sp³-hybridized carbons (Fsp3) is 0.524. The number of benzene rings is 1. The van der Waals surface area contributed by atoms with Crippen molar-refractivity contribution >= 4 is 29.9 Å². The zero-order valence-electron chi connectivity index (χ0n) is 17.6. The first-order valence-corrected chi connectivity index (χ1v) is 10.1. The van der Waals surface area contributed by atoms with Crippen molar-refractivity contribution in [3.63, 3.8) is 0 Å². The molecule has 2 N–H and O–H groups in total. The number of hydrogen-bond acceptors (Lipinski definition) is 4. The van der Waals surface area contributed by atoms with Gasteiger partial charge in [-0.15, -0.1) is 24.0 Å². The van der Waals surface area contributed by atoms with Gasteiger partial charge < -0.3 is 15.4 Å². The lowest BCUT2D eigenvalue weighted by atomic mass is 10.0. The van der Waals surface area contributed by atoms with Gasteiger partial charge in [-0.3, -0.25) is 14.6 Å². The van der Waals surface area contributed by atoms with Crippen LogP contribution in [-0.4, -0.2) is 67.1 Å². The zero-order valence-corrected chi connectivity index (χ0v) is 20.0. The van der Waals surface area contributed by atoms with E-state index in [9.17, 15) is 4.39 Å². The maximum absolute atomic E-state index is 13.4. The van der Waals surface area contributed by atoms with E-state index in [2.05, 4.69) is 32.5 Å². The molecule has 0 amide bonds. The Balaban J connectivity index is 0.00000320. The number of halogens is 2. The standard InChI is InChI=1S/C21H31FN6O.HI/c1-17(16-28-9-3-8-26-28)14-24-21(23-2)25-15-20(27-10-12-29-13-11-27)18-4-6-19(22)7-5-18;/h3-9,17,20H,10-16H2,1-2H3,(H2,23,24,25);1H. The monoisotopic (exact) mass is 530 g/mol. The van der Waals surface area contributed by atoms with Gasteiger partial charge in [0.05, 0.1) is 19.3 Å². The summed E-state index contributed by atoms with van der Waals surface area (Å²) >= 11 is 0. The molecule has 1 aliphatic heterocycles. The fourth-order valence-corrected chi connectivity index (χ4v) is 3.51. The minimum Gasteiger partial charge on any atom is -0.379 e. The maximum Gasteiger partial charge on any atom is 0.191 e. The van der Waals surface area contributed by atoms with Gasteiger partial charge in [0, 0.05) is 52.2 Å². The molecular formula is C21H32FIN6O. The maximum atomic E-state index is 13.4. The van der Waals surface area contributed by atoms with Gasteiger partial charge in [0.25, 0.3) is 0 Å². The van der Waals surface area contributed by atoms with E-state index in [0.29, 0.717) is 12.5 Å². The lowest BCUT2D eigenvalue weighted by Crippen LogP contribution is -2.47. The molecule has 0 saturated carbocycles. The average molecular weight is 530 g/mol. The van der Waals surface area contributed by atoms with Crippen LogP contribution in [0, 0.1) is 11.7 Å². The van der Waals surface area contributed by atoms with E-state index >= 15 is 0 Å². The molecule has 2 atom stereocenters. The second-order valence-electron chi connectivity index (χ2n) is 7.38. The van der Waals surface area contributed by atoms with Crippen LogP contribution in [0.3, 0.4) is 0 Å². The third-order valence-corrected chi connectivity index (χ3v) is 5.10. The summed E-state index contributed by atoms with van der Waals surface area (Å²) in [6, 6.07) is 8.82. The van der Waals surface area contributed by atoms with Crippen molar-refractivity contribution in [1.29, 1.82) is 0 Å². The van der Waals surface area contributed by atoms with Crippen LogP contribution in [0.5, 0.6) is 0 Å². The van der Waals surface area contributed by atoms with Crippen LogP contribution >= 0.6 is 24.0 Å². The Bertz CT molecular complexity index is 749. The number of aromatic nitrogens is 2. The Morgan fingerprint density at radius 3 is 2.53 bits per heavy atom. The summed E-state index contributed by atoms with van der Waals surface area (Å²) < 4.78 is 20.8. The Kier molecular flexibility index (Phi) is 10.5. The van der Waals surface area contributed by atoms with E-state index in [1.807, 2.05) is 29.1 Å². The van der Waals surface area contributed by atoms with E-state index in [4.69, 9.17) is 4.74 Å². The van der Waals surface area contributed by atoms with Crippen molar-refractivity contribution in [3.8, 4) is 0 Å². The molecule has 1 aliphatic rings. The van der Waals surface area contributed by atoms with Gasteiger partial charge in [-0.25, -0.2) is 4.39 Å². The smallest absolute Gasteiger partial charge is 0.191 e. The lowest BCUT2D eigenvalue weighted by Gasteiger charge is -2.35. The van der Waals surface area contributed by atoms with Gasteiger partial charge >= 0.3 is 0 Å². The van der Waals surface area contributed by atoms with Crippen LogP contribution in [-0.2, 0) is 11.3 Å². The normalized spacial score (nSPS) is 17.1. The summed E-state index contributed by atoms with van der Waals surface area (Å²) in [6.45, 7) is 7.65. The molecule has 1 fully saturated rings. The molecule has 166 valence electrons. The Labute approximate surface area is 195 Å². The quantitative estimate of drug-likeness (QED) is 0.312. The fourth-order valence-electron chi connectivity index (χ4n) is 3.51. The molecular weight excluding hydrogens is 498 g/mol. The molecule has 3 rings (SSSR count). The van der Waals surface area contributed by atoms with Gasteiger partial charge in [0.1, 0.15) is 5.82 Å². The molecule has 0 aliphatic carbocycles.